The lowest BCUT2D eigenvalue weighted by atomic mass is 9.94. The number of carbonyl (C=O) groups excluding carboxylic acids is 1. The molecule has 0 bridgehead atoms. The molecule has 1 aliphatic rings. The molecule has 0 aromatic heterocycles. The summed E-state index contributed by atoms with van der Waals surface area (Å²) in [6.07, 6.45) is 1.03. The summed E-state index contributed by atoms with van der Waals surface area (Å²) in [6.45, 7) is 5.16. The number of rotatable bonds is 4. The van der Waals surface area contributed by atoms with Crippen LogP contribution in [0.2, 0.25) is 0 Å². The highest BCUT2D eigenvalue weighted by atomic mass is 32.2. The molecule has 0 unspecified atom stereocenters. The van der Waals surface area contributed by atoms with E-state index in [1.807, 2.05) is 6.07 Å². The normalized spacial score (nSPS) is 20.3. The van der Waals surface area contributed by atoms with E-state index in [0.29, 0.717) is 41.7 Å². The number of nitrogens with zero attached hydrogens (tertiary/aromatic N) is 2. The van der Waals surface area contributed by atoms with E-state index in [1.54, 1.807) is 24.3 Å². The minimum Gasteiger partial charge on any atom is -0.322 e. The van der Waals surface area contributed by atoms with Crippen molar-refractivity contribution in [1.82, 2.24) is 4.31 Å². The third kappa shape index (κ3) is 4.41. The van der Waals surface area contributed by atoms with Crippen LogP contribution in [-0.4, -0.2) is 31.7 Å². The molecule has 1 aliphatic heterocycles. The van der Waals surface area contributed by atoms with Gasteiger partial charge in [-0.15, -0.1) is 0 Å². The summed E-state index contributed by atoms with van der Waals surface area (Å²) in [4.78, 5) is 12.6. The van der Waals surface area contributed by atoms with Gasteiger partial charge in [0.05, 0.1) is 16.5 Å². The van der Waals surface area contributed by atoms with E-state index in [9.17, 15) is 13.2 Å². The number of nitrogens with one attached hydrogen (secondary N) is 1. The topological polar surface area (TPSA) is 90.3 Å². The summed E-state index contributed by atoms with van der Waals surface area (Å²) < 4.78 is 27.4. The number of anilines is 1. The molecular formula is C21H23N3O3S. The molecular weight excluding hydrogens is 374 g/mol. The van der Waals surface area contributed by atoms with Crippen molar-refractivity contribution in [1.29, 1.82) is 5.26 Å². The van der Waals surface area contributed by atoms with Crippen LogP contribution in [0.1, 0.15) is 36.2 Å². The minimum atomic E-state index is -3.57. The first-order valence-electron chi connectivity index (χ1n) is 9.21. The predicted octanol–water partition coefficient (Wildman–Crippen LogP) is 3.48. The van der Waals surface area contributed by atoms with Gasteiger partial charge < -0.3 is 5.32 Å². The molecule has 146 valence electrons. The van der Waals surface area contributed by atoms with Crippen LogP contribution >= 0.6 is 0 Å². The summed E-state index contributed by atoms with van der Waals surface area (Å²) in [5, 5.41) is 11.7. The first-order chi connectivity index (χ1) is 13.3. The molecule has 7 heteroatoms. The van der Waals surface area contributed by atoms with Crippen LogP contribution in [0.3, 0.4) is 0 Å². The van der Waals surface area contributed by atoms with Crippen molar-refractivity contribution in [2.75, 3.05) is 18.4 Å². The van der Waals surface area contributed by atoms with E-state index in [2.05, 4.69) is 19.2 Å². The fraction of sp³-hybridized carbons (Fsp3) is 0.333. The maximum absolute atomic E-state index is 12.9. The Balaban J connectivity index is 1.75. The Hall–Kier alpha value is -2.69. The first-order valence-corrected chi connectivity index (χ1v) is 10.7. The van der Waals surface area contributed by atoms with Crippen LogP contribution in [0.5, 0.6) is 0 Å². The smallest absolute Gasteiger partial charge is 0.255 e. The van der Waals surface area contributed by atoms with Gasteiger partial charge in [0.2, 0.25) is 10.0 Å². The Morgan fingerprint density at radius 3 is 2.36 bits per heavy atom. The fourth-order valence-corrected chi connectivity index (χ4v) is 5.28. The molecule has 0 aliphatic carbocycles. The number of sulfonamides is 1. The van der Waals surface area contributed by atoms with Crippen LogP contribution in [0.4, 0.5) is 5.69 Å². The summed E-state index contributed by atoms with van der Waals surface area (Å²) in [6, 6.07) is 14.6. The summed E-state index contributed by atoms with van der Waals surface area (Å²) in [5.74, 6) is 0.291. The van der Waals surface area contributed by atoms with Crippen molar-refractivity contribution in [3.8, 4) is 6.07 Å². The van der Waals surface area contributed by atoms with Crippen molar-refractivity contribution < 1.29 is 13.2 Å². The van der Waals surface area contributed by atoms with Crippen LogP contribution in [-0.2, 0) is 10.0 Å². The van der Waals surface area contributed by atoms with Gasteiger partial charge >= 0.3 is 0 Å². The van der Waals surface area contributed by atoms with Crippen LogP contribution in [0.15, 0.2) is 53.4 Å². The average Bonchev–Trinajstić information content (AvgIpc) is 2.67. The maximum Gasteiger partial charge on any atom is 0.255 e. The van der Waals surface area contributed by atoms with Gasteiger partial charge in [0, 0.05) is 24.3 Å². The highest BCUT2D eigenvalue weighted by molar-refractivity contribution is 7.89. The van der Waals surface area contributed by atoms with E-state index in [-0.39, 0.29) is 10.8 Å². The van der Waals surface area contributed by atoms with E-state index in [0.717, 1.165) is 6.42 Å². The zero-order valence-electron chi connectivity index (χ0n) is 15.9. The molecule has 1 amide bonds. The highest BCUT2D eigenvalue weighted by Gasteiger charge is 2.31. The van der Waals surface area contributed by atoms with Gasteiger partial charge in [0.25, 0.3) is 5.91 Å². The fourth-order valence-electron chi connectivity index (χ4n) is 3.60. The monoisotopic (exact) mass is 397 g/mol. The lowest BCUT2D eigenvalue weighted by Gasteiger charge is -2.34. The molecule has 0 radical (unpaired) electrons. The molecule has 1 fully saturated rings. The molecule has 2 aromatic rings. The molecule has 2 aromatic carbocycles. The summed E-state index contributed by atoms with van der Waals surface area (Å²) >= 11 is 0. The number of nitriles is 1. The second-order valence-corrected chi connectivity index (χ2v) is 9.38. The molecule has 2 atom stereocenters. The summed E-state index contributed by atoms with van der Waals surface area (Å²) in [5.41, 5.74) is 1.31. The second-order valence-electron chi connectivity index (χ2n) is 7.44. The predicted molar refractivity (Wildman–Crippen MR) is 107 cm³/mol. The van der Waals surface area contributed by atoms with Gasteiger partial charge in [0.1, 0.15) is 0 Å². The Labute approximate surface area is 165 Å². The van der Waals surface area contributed by atoms with Gasteiger partial charge in [-0.2, -0.15) is 9.57 Å². The molecule has 6 nitrogen and oxygen atoms in total. The molecule has 28 heavy (non-hydrogen) atoms. The molecule has 1 N–H and O–H groups in total. The lowest BCUT2D eigenvalue weighted by molar-refractivity contribution is 0.102. The van der Waals surface area contributed by atoms with Crippen LogP contribution in [0, 0.1) is 23.2 Å². The van der Waals surface area contributed by atoms with E-state index in [1.165, 1.54) is 28.6 Å². The maximum atomic E-state index is 12.9. The number of hydrogen-bond donors (Lipinski definition) is 1. The minimum absolute atomic E-state index is 0.192. The van der Waals surface area contributed by atoms with Crippen molar-refractivity contribution in [2.24, 2.45) is 11.8 Å². The average molecular weight is 398 g/mol. The van der Waals surface area contributed by atoms with E-state index in [4.69, 9.17) is 5.26 Å². The van der Waals surface area contributed by atoms with Crippen molar-refractivity contribution in [3.05, 3.63) is 59.7 Å². The van der Waals surface area contributed by atoms with Crippen molar-refractivity contribution in [3.63, 3.8) is 0 Å². The van der Waals surface area contributed by atoms with Gasteiger partial charge in [-0.25, -0.2) is 8.42 Å². The molecule has 0 spiro atoms. The first kappa shape index (κ1) is 20.1. The van der Waals surface area contributed by atoms with Gasteiger partial charge in [-0.05, 0) is 60.7 Å². The standard InChI is InChI=1S/C21H23N3O3S/c1-15-10-16(2)14-24(13-15)28(26,27)20-8-6-18(7-9-20)21(25)23-19-5-3-4-17(11-19)12-22/h3-9,11,15-16H,10,13-14H2,1-2H3,(H,23,25)/t15-,16-/m0/s1. The van der Waals surface area contributed by atoms with Crippen LogP contribution in [0.25, 0.3) is 0 Å². The quantitative estimate of drug-likeness (QED) is 0.855. The van der Waals surface area contributed by atoms with Gasteiger partial charge in [0.15, 0.2) is 0 Å². The largest absolute Gasteiger partial charge is 0.322 e. The number of piperidine rings is 1. The number of carbonyl (C=O) groups is 1. The van der Waals surface area contributed by atoms with Crippen molar-refractivity contribution in [2.45, 2.75) is 25.2 Å². The lowest BCUT2D eigenvalue weighted by Crippen LogP contribution is -2.42. The Bertz CT molecular complexity index is 1000. The second kappa shape index (κ2) is 8.13. The van der Waals surface area contributed by atoms with Crippen LogP contribution < -0.4 is 5.32 Å². The highest BCUT2D eigenvalue weighted by Crippen LogP contribution is 2.26. The molecule has 3 rings (SSSR count). The molecule has 1 heterocycles. The number of hydrogen-bond acceptors (Lipinski definition) is 4. The molecule has 0 saturated carbocycles. The molecule has 1 saturated heterocycles. The van der Waals surface area contributed by atoms with E-state index >= 15 is 0 Å². The zero-order valence-corrected chi connectivity index (χ0v) is 16.7. The van der Waals surface area contributed by atoms with Gasteiger partial charge in [-0.1, -0.05) is 19.9 Å². The number of amides is 1. The Morgan fingerprint density at radius 1 is 1.11 bits per heavy atom. The van der Waals surface area contributed by atoms with Crippen molar-refractivity contribution >= 4 is 21.6 Å². The third-order valence-corrected chi connectivity index (χ3v) is 6.69. The Kier molecular flexibility index (Phi) is 5.82. The summed E-state index contributed by atoms with van der Waals surface area (Å²) in [7, 11) is -3.57. The van der Waals surface area contributed by atoms with Gasteiger partial charge in [-0.3, -0.25) is 4.79 Å². The SMILES string of the molecule is C[C@H]1C[C@H](C)CN(S(=O)(=O)c2ccc(C(=O)Nc3cccc(C#N)c3)cc2)C1. The number of benzene rings is 2. The van der Waals surface area contributed by atoms with E-state index < -0.39 is 10.0 Å². The third-order valence-electron chi connectivity index (χ3n) is 4.84. The zero-order chi connectivity index (χ0) is 20.3. The Morgan fingerprint density at radius 2 is 1.75 bits per heavy atom.